The summed E-state index contributed by atoms with van der Waals surface area (Å²) in [5, 5.41) is 3.07. The van der Waals surface area contributed by atoms with Gasteiger partial charge < -0.3 is 15.0 Å². The van der Waals surface area contributed by atoms with Gasteiger partial charge in [0.25, 0.3) is 10.0 Å². The van der Waals surface area contributed by atoms with Crippen molar-refractivity contribution in [2.24, 2.45) is 0 Å². The normalized spacial score (nSPS) is 12.6. The summed E-state index contributed by atoms with van der Waals surface area (Å²) in [7, 11) is -2.62. The first-order valence-corrected chi connectivity index (χ1v) is 17.3. The second-order valence-electron chi connectivity index (χ2n) is 12.0. The van der Waals surface area contributed by atoms with Crippen LogP contribution in [-0.4, -0.2) is 50.9 Å². The van der Waals surface area contributed by atoms with Gasteiger partial charge in [0.2, 0.25) is 11.8 Å². The van der Waals surface area contributed by atoms with Crippen LogP contribution >= 0.6 is 0 Å². The Hall–Kier alpha value is -4.63. The molecule has 0 unspecified atom stereocenters. The number of nitrogens with zero attached hydrogens (tertiary/aromatic N) is 2. The molecule has 0 heterocycles. The highest BCUT2D eigenvalue weighted by molar-refractivity contribution is 7.92. The van der Waals surface area contributed by atoms with E-state index in [0.717, 1.165) is 22.3 Å². The molecule has 1 N–H and O–H groups in total. The molecule has 0 spiro atoms. The van der Waals surface area contributed by atoms with Crippen molar-refractivity contribution in [3.8, 4) is 5.75 Å². The van der Waals surface area contributed by atoms with Crippen molar-refractivity contribution in [3.63, 3.8) is 0 Å². The van der Waals surface area contributed by atoms with E-state index in [9.17, 15) is 18.0 Å². The molecule has 0 aliphatic heterocycles. The van der Waals surface area contributed by atoms with Crippen LogP contribution < -0.4 is 14.4 Å². The third-order valence-corrected chi connectivity index (χ3v) is 10.1. The lowest BCUT2D eigenvalue weighted by Gasteiger charge is -2.34. The van der Waals surface area contributed by atoms with Gasteiger partial charge in [-0.1, -0.05) is 79.2 Å². The van der Waals surface area contributed by atoms with Crippen LogP contribution in [0.4, 0.5) is 5.69 Å². The van der Waals surface area contributed by atoms with Crippen molar-refractivity contribution in [2.45, 2.75) is 71.0 Å². The molecule has 0 aliphatic carbocycles. The third kappa shape index (κ3) is 9.01. The van der Waals surface area contributed by atoms with E-state index in [2.05, 4.69) is 5.32 Å². The molecule has 0 aromatic heterocycles. The van der Waals surface area contributed by atoms with Gasteiger partial charge in [-0.15, -0.1) is 0 Å². The Morgan fingerprint density at radius 2 is 1.49 bits per heavy atom. The average Bonchev–Trinajstić information content (AvgIpc) is 3.06. The van der Waals surface area contributed by atoms with Crippen molar-refractivity contribution < 1.29 is 22.7 Å². The van der Waals surface area contributed by atoms with Gasteiger partial charge in [0.05, 0.1) is 17.7 Å². The molecule has 0 saturated heterocycles. The molecule has 2 amide bonds. The number of hydrogen-bond donors (Lipinski definition) is 1. The Morgan fingerprint density at radius 3 is 2.15 bits per heavy atom. The Kier molecular flexibility index (Phi) is 11.8. The molecular formula is C38H45N3O5S. The molecule has 0 bridgehead atoms. The number of nitrogens with one attached hydrogen (secondary N) is 1. The van der Waals surface area contributed by atoms with Crippen molar-refractivity contribution >= 4 is 27.5 Å². The predicted octanol–water partition coefficient (Wildman–Crippen LogP) is 6.37. The van der Waals surface area contributed by atoms with E-state index >= 15 is 0 Å². The molecular weight excluding hydrogens is 611 g/mol. The molecule has 0 radical (unpaired) electrons. The maximum atomic E-state index is 14.7. The van der Waals surface area contributed by atoms with E-state index in [-0.39, 0.29) is 29.8 Å². The van der Waals surface area contributed by atoms with Crippen LogP contribution in [-0.2, 0) is 32.6 Å². The standard InChI is InChI=1S/C38H45N3O5S/c1-7-30(5)39-38(43)36(24-31-12-9-8-10-13-31)40(25-32-14-11-15-33(23-32)46-6)37(42)26-41(35-22-28(3)16-19-29(35)4)47(44,45)34-20-17-27(2)18-21-34/h8-23,30,36H,7,24-26H2,1-6H3,(H,39,43)/t30-,36-/m1/s1. The smallest absolute Gasteiger partial charge is 0.264 e. The summed E-state index contributed by atoms with van der Waals surface area (Å²) in [5.41, 5.74) is 4.49. The highest BCUT2D eigenvalue weighted by Gasteiger charge is 2.35. The summed E-state index contributed by atoms with van der Waals surface area (Å²) in [5.74, 6) is -0.207. The first-order chi connectivity index (χ1) is 22.4. The van der Waals surface area contributed by atoms with Crippen LogP contribution in [0.15, 0.2) is 102 Å². The molecule has 0 fully saturated rings. The van der Waals surface area contributed by atoms with Crippen LogP contribution in [0.5, 0.6) is 5.75 Å². The van der Waals surface area contributed by atoms with E-state index in [1.165, 1.54) is 9.21 Å². The fourth-order valence-electron chi connectivity index (χ4n) is 5.30. The number of amides is 2. The summed E-state index contributed by atoms with van der Waals surface area (Å²) in [6.07, 6.45) is 0.954. The molecule has 248 valence electrons. The first kappa shape index (κ1) is 35.2. The Balaban J connectivity index is 1.85. The number of rotatable bonds is 14. The average molecular weight is 656 g/mol. The quantitative estimate of drug-likeness (QED) is 0.170. The highest BCUT2D eigenvalue weighted by atomic mass is 32.2. The van der Waals surface area contributed by atoms with E-state index in [1.807, 2.05) is 101 Å². The van der Waals surface area contributed by atoms with Gasteiger partial charge in [-0.05, 0) is 86.7 Å². The number of carbonyl (C=O) groups excluding carboxylic acids is 2. The lowest BCUT2D eigenvalue weighted by atomic mass is 10.0. The Bertz CT molecular complexity index is 1780. The Labute approximate surface area is 279 Å². The zero-order valence-electron chi connectivity index (χ0n) is 28.1. The first-order valence-electron chi connectivity index (χ1n) is 15.9. The Morgan fingerprint density at radius 1 is 0.830 bits per heavy atom. The fourth-order valence-corrected chi connectivity index (χ4v) is 6.77. The number of aryl methyl sites for hydroxylation is 3. The largest absolute Gasteiger partial charge is 0.497 e. The van der Waals surface area contributed by atoms with Crippen molar-refractivity contribution in [3.05, 3.63) is 125 Å². The molecule has 8 nitrogen and oxygen atoms in total. The number of ether oxygens (including phenoxy) is 1. The molecule has 0 aliphatic rings. The zero-order chi connectivity index (χ0) is 34.1. The van der Waals surface area contributed by atoms with Gasteiger partial charge in [-0.2, -0.15) is 0 Å². The molecule has 0 saturated carbocycles. The van der Waals surface area contributed by atoms with E-state index in [4.69, 9.17) is 4.74 Å². The maximum Gasteiger partial charge on any atom is 0.264 e. The number of methoxy groups -OCH3 is 1. The number of benzene rings is 4. The van der Waals surface area contributed by atoms with E-state index < -0.39 is 28.5 Å². The zero-order valence-corrected chi connectivity index (χ0v) is 28.9. The monoisotopic (exact) mass is 655 g/mol. The van der Waals surface area contributed by atoms with Crippen LogP contribution in [0, 0.1) is 20.8 Å². The molecule has 47 heavy (non-hydrogen) atoms. The SMILES string of the molecule is CC[C@@H](C)NC(=O)[C@@H](Cc1ccccc1)N(Cc1cccc(OC)c1)C(=O)CN(c1cc(C)ccc1C)S(=O)(=O)c1ccc(C)cc1. The summed E-state index contributed by atoms with van der Waals surface area (Å²) in [6.45, 7) is 9.04. The highest BCUT2D eigenvalue weighted by Crippen LogP contribution is 2.29. The second kappa shape index (κ2) is 15.8. The number of hydrogen-bond acceptors (Lipinski definition) is 5. The molecule has 4 aromatic carbocycles. The summed E-state index contributed by atoms with van der Waals surface area (Å²) < 4.78 is 35.3. The van der Waals surface area contributed by atoms with Gasteiger partial charge in [0, 0.05) is 19.0 Å². The van der Waals surface area contributed by atoms with Crippen LogP contribution in [0.1, 0.15) is 48.1 Å². The second-order valence-corrected chi connectivity index (χ2v) is 13.9. The molecule has 4 rings (SSSR count). The van der Waals surface area contributed by atoms with Gasteiger partial charge in [0.1, 0.15) is 18.3 Å². The van der Waals surface area contributed by atoms with Crippen LogP contribution in [0.3, 0.4) is 0 Å². The minimum atomic E-state index is -4.18. The minimum absolute atomic E-state index is 0.0622. The summed E-state index contributed by atoms with van der Waals surface area (Å²) in [4.78, 5) is 30.3. The van der Waals surface area contributed by atoms with Crippen molar-refractivity contribution in [1.82, 2.24) is 10.2 Å². The summed E-state index contributed by atoms with van der Waals surface area (Å²) >= 11 is 0. The maximum absolute atomic E-state index is 14.7. The number of sulfonamides is 1. The van der Waals surface area contributed by atoms with Gasteiger partial charge in [-0.3, -0.25) is 13.9 Å². The molecule has 4 aromatic rings. The molecule has 2 atom stereocenters. The minimum Gasteiger partial charge on any atom is -0.497 e. The number of carbonyl (C=O) groups is 2. The van der Waals surface area contributed by atoms with Crippen LogP contribution in [0.2, 0.25) is 0 Å². The topological polar surface area (TPSA) is 96.0 Å². The van der Waals surface area contributed by atoms with Gasteiger partial charge in [0.15, 0.2) is 0 Å². The number of anilines is 1. The van der Waals surface area contributed by atoms with Crippen molar-refractivity contribution in [1.29, 1.82) is 0 Å². The predicted molar refractivity (Wildman–Crippen MR) is 187 cm³/mol. The lowest BCUT2D eigenvalue weighted by molar-refractivity contribution is -0.140. The van der Waals surface area contributed by atoms with Gasteiger partial charge >= 0.3 is 0 Å². The van der Waals surface area contributed by atoms with E-state index in [0.29, 0.717) is 23.4 Å². The summed E-state index contributed by atoms with van der Waals surface area (Å²) in [6, 6.07) is 27.9. The lowest BCUT2D eigenvalue weighted by Crippen LogP contribution is -2.54. The van der Waals surface area contributed by atoms with E-state index in [1.54, 1.807) is 37.4 Å². The van der Waals surface area contributed by atoms with Gasteiger partial charge in [-0.25, -0.2) is 8.42 Å². The fraction of sp³-hybridized carbons (Fsp3) is 0.316. The molecule has 9 heteroatoms. The van der Waals surface area contributed by atoms with Crippen LogP contribution in [0.25, 0.3) is 0 Å². The van der Waals surface area contributed by atoms with Crippen molar-refractivity contribution in [2.75, 3.05) is 18.0 Å². The third-order valence-electron chi connectivity index (χ3n) is 8.28.